The Morgan fingerprint density at radius 3 is 2.38 bits per heavy atom. The Kier molecular flexibility index (Phi) is 4.95. The summed E-state index contributed by atoms with van der Waals surface area (Å²) in [7, 11) is 0. The topological polar surface area (TPSA) is 25.8 Å². The number of hydrogen-bond acceptors (Lipinski definition) is 2. The molecule has 26 heavy (non-hydrogen) atoms. The van der Waals surface area contributed by atoms with Crippen LogP contribution >= 0.6 is 11.6 Å². The molecule has 1 aliphatic carbocycles. The zero-order valence-corrected chi connectivity index (χ0v) is 16.2. The first-order valence-corrected chi connectivity index (χ1v) is 9.94. The molecule has 0 N–H and O–H groups in total. The van der Waals surface area contributed by atoms with Crippen molar-refractivity contribution in [3.05, 3.63) is 70.5 Å². The monoisotopic (exact) mass is 364 g/mol. The molecule has 3 aromatic rings. The van der Waals surface area contributed by atoms with Gasteiger partial charge >= 0.3 is 0 Å². The number of rotatable bonds is 3. The van der Waals surface area contributed by atoms with Crippen LogP contribution in [0.3, 0.4) is 0 Å². The van der Waals surface area contributed by atoms with Gasteiger partial charge in [0.05, 0.1) is 11.0 Å². The van der Waals surface area contributed by atoms with Gasteiger partial charge in [0, 0.05) is 17.4 Å². The van der Waals surface area contributed by atoms with Gasteiger partial charge in [0.2, 0.25) is 0 Å². The fourth-order valence-electron chi connectivity index (χ4n) is 4.54. The van der Waals surface area contributed by atoms with Crippen LogP contribution in [0, 0.1) is 11.8 Å². The Morgan fingerprint density at radius 2 is 1.62 bits per heavy atom. The zero-order chi connectivity index (χ0) is 18.1. The number of aromatic nitrogens is 2. The second-order valence-electron chi connectivity index (χ2n) is 8.02. The van der Waals surface area contributed by atoms with Gasteiger partial charge in [-0.2, -0.15) is 0 Å². The maximum atomic E-state index is 6.53. The summed E-state index contributed by atoms with van der Waals surface area (Å²) in [6, 6.07) is 12.9. The van der Waals surface area contributed by atoms with Gasteiger partial charge in [0.25, 0.3) is 0 Å². The first-order valence-electron chi connectivity index (χ1n) is 9.56. The maximum Gasteiger partial charge on any atom is 0.0889 e. The first kappa shape index (κ1) is 17.5. The second kappa shape index (κ2) is 7.36. The molecule has 2 aromatic carbocycles. The second-order valence-corrected chi connectivity index (χ2v) is 8.43. The van der Waals surface area contributed by atoms with E-state index in [1.165, 1.54) is 36.0 Å². The molecule has 2 atom stereocenters. The quantitative estimate of drug-likeness (QED) is 0.536. The van der Waals surface area contributed by atoms with Gasteiger partial charge in [0.1, 0.15) is 0 Å². The van der Waals surface area contributed by atoms with E-state index >= 15 is 0 Å². The van der Waals surface area contributed by atoms with Crippen molar-refractivity contribution < 1.29 is 0 Å². The average molecular weight is 365 g/mol. The van der Waals surface area contributed by atoms with Crippen LogP contribution < -0.4 is 0 Å². The number of halogens is 1. The molecule has 1 fully saturated rings. The lowest BCUT2D eigenvalue weighted by Crippen LogP contribution is -2.18. The molecular weight excluding hydrogens is 340 g/mol. The summed E-state index contributed by atoms with van der Waals surface area (Å²) >= 11 is 6.53. The molecule has 0 aliphatic heterocycles. The fraction of sp³-hybridized carbons (Fsp3) is 0.391. The predicted octanol–water partition coefficient (Wildman–Crippen LogP) is 6.41. The van der Waals surface area contributed by atoms with Crippen LogP contribution in [0.1, 0.15) is 55.7 Å². The molecule has 0 bridgehead atoms. The first-order chi connectivity index (χ1) is 12.6. The highest BCUT2D eigenvalue weighted by Crippen LogP contribution is 2.40. The zero-order valence-electron chi connectivity index (χ0n) is 15.5. The summed E-state index contributed by atoms with van der Waals surface area (Å²) in [6.45, 7) is 4.77. The van der Waals surface area contributed by atoms with E-state index in [1.807, 2.05) is 6.07 Å². The Balaban J connectivity index is 1.61. The Bertz CT molecular complexity index is 911. The summed E-state index contributed by atoms with van der Waals surface area (Å²) in [5.74, 6) is 2.27. The van der Waals surface area contributed by atoms with E-state index in [4.69, 9.17) is 11.6 Å². The smallest absolute Gasteiger partial charge is 0.0889 e. The molecule has 2 unspecified atom stereocenters. The average Bonchev–Trinajstić information content (AvgIpc) is 2.62. The summed E-state index contributed by atoms with van der Waals surface area (Å²) in [5, 5.41) is 0.852. The molecular formula is C23H25ClN2. The van der Waals surface area contributed by atoms with E-state index in [2.05, 4.69) is 54.1 Å². The lowest BCUT2D eigenvalue weighted by molar-refractivity contribution is 0.268. The van der Waals surface area contributed by atoms with Crippen LogP contribution in [0.4, 0.5) is 0 Å². The number of hydrogen-bond donors (Lipinski definition) is 0. The van der Waals surface area contributed by atoms with Gasteiger partial charge in [-0.05, 0) is 78.3 Å². The van der Waals surface area contributed by atoms with Crippen molar-refractivity contribution in [1.29, 1.82) is 0 Å². The number of fused-ring (bicyclic) bond motifs is 1. The predicted molar refractivity (Wildman–Crippen MR) is 109 cm³/mol. The van der Waals surface area contributed by atoms with Gasteiger partial charge in [0.15, 0.2) is 0 Å². The molecule has 0 radical (unpaired) electrons. The van der Waals surface area contributed by atoms with E-state index in [-0.39, 0.29) is 0 Å². The molecule has 0 spiro atoms. The van der Waals surface area contributed by atoms with E-state index in [9.17, 15) is 0 Å². The molecule has 1 saturated carbocycles. The Hall–Kier alpha value is -1.93. The van der Waals surface area contributed by atoms with E-state index < -0.39 is 0 Å². The standard InChI is InChI=1S/C23H25ClN2/c1-15-9-16(2)11-19(10-15)18-4-5-21(24)20(14-18)12-17-3-6-22-23(13-17)26-8-7-25-22/h3-8,13-16,19H,9-12H2,1-2H3. The number of nitrogens with zero attached hydrogens (tertiary/aromatic N) is 2. The molecule has 134 valence electrons. The third-order valence-corrected chi connectivity index (χ3v) is 6.02. The van der Waals surface area contributed by atoms with Crippen LogP contribution in [0.15, 0.2) is 48.8 Å². The largest absolute Gasteiger partial charge is 0.253 e. The molecule has 4 rings (SSSR count). The third kappa shape index (κ3) is 3.76. The van der Waals surface area contributed by atoms with Crippen molar-refractivity contribution >= 4 is 22.6 Å². The number of benzene rings is 2. The van der Waals surface area contributed by atoms with Crippen LogP contribution in [0.25, 0.3) is 11.0 Å². The molecule has 0 amide bonds. The molecule has 2 nitrogen and oxygen atoms in total. The van der Waals surface area contributed by atoms with E-state index in [0.717, 1.165) is 34.3 Å². The van der Waals surface area contributed by atoms with Crippen LogP contribution in [-0.2, 0) is 6.42 Å². The summed E-state index contributed by atoms with van der Waals surface area (Å²) in [5.41, 5.74) is 5.75. The van der Waals surface area contributed by atoms with Gasteiger partial charge in [-0.15, -0.1) is 0 Å². The molecule has 3 heteroatoms. The van der Waals surface area contributed by atoms with Crippen molar-refractivity contribution in [2.75, 3.05) is 0 Å². The van der Waals surface area contributed by atoms with Crippen LogP contribution in [-0.4, -0.2) is 9.97 Å². The summed E-state index contributed by atoms with van der Waals surface area (Å²) < 4.78 is 0. The highest BCUT2D eigenvalue weighted by molar-refractivity contribution is 6.31. The van der Waals surface area contributed by atoms with Crippen molar-refractivity contribution in [2.24, 2.45) is 11.8 Å². The van der Waals surface area contributed by atoms with Crippen molar-refractivity contribution in [1.82, 2.24) is 9.97 Å². The van der Waals surface area contributed by atoms with Crippen molar-refractivity contribution in [2.45, 2.75) is 45.4 Å². The third-order valence-electron chi connectivity index (χ3n) is 5.65. The van der Waals surface area contributed by atoms with Crippen molar-refractivity contribution in [3.63, 3.8) is 0 Å². The Morgan fingerprint density at radius 1 is 0.885 bits per heavy atom. The lowest BCUT2D eigenvalue weighted by atomic mass is 9.74. The fourth-order valence-corrected chi connectivity index (χ4v) is 4.73. The molecule has 1 aromatic heterocycles. The van der Waals surface area contributed by atoms with E-state index in [1.54, 1.807) is 12.4 Å². The van der Waals surface area contributed by atoms with Gasteiger partial charge in [-0.25, -0.2) is 0 Å². The molecule has 1 heterocycles. The minimum atomic E-state index is 0.659. The maximum absolute atomic E-state index is 6.53. The minimum absolute atomic E-state index is 0.659. The van der Waals surface area contributed by atoms with Gasteiger partial charge in [-0.1, -0.05) is 43.6 Å². The van der Waals surface area contributed by atoms with E-state index in [0.29, 0.717) is 5.92 Å². The lowest BCUT2D eigenvalue weighted by Gasteiger charge is -2.32. The van der Waals surface area contributed by atoms with Crippen LogP contribution in [0.5, 0.6) is 0 Å². The minimum Gasteiger partial charge on any atom is -0.253 e. The highest BCUT2D eigenvalue weighted by Gasteiger charge is 2.25. The normalized spacial score (nSPS) is 23.3. The summed E-state index contributed by atoms with van der Waals surface area (Å²) in [6.07, 6.45) is 8.24. The molecule has 1 aliphatic rings. The van der Waals surface area contributed by atoms with Crippen molar-refractivity contribution in [3.8, 4) is 0 Å². The Labute approximate surface area is 160 Å². The van der Waals surface area contributed by atoms with Crippen LogP contribution in [0.2, 0.25) is 5.02 Å². The SMILES string of the molecule is CC1CC(C)CC(c2ccc(Cl)c(Cc3ccc4nccnc4c3)c2)C1. The van der Waals surface area contributed by atoms with Gasteiger partial charge in [-0.3, -0.25) is 9.97 Å². The highest BCUT2D eigenvalue weighted by atomic mass is 35.5. The summed E-state index contributed by atoms with van der Waals surface area (Å²) in [4.78, 5) is 8.77. The molecule has 0 saturated heterocycles. The van der Waals surface area contributed by atoms with Gasteiger partial charge < -0.3 is 0 Å².